The van der Waals surface area contributed by atoms with Crippen molar-refractivity contribution in [1.82, 2.24) is 5.32 Å². The van der Waals surface area contributed by atoms with Crippen molar-refractivity contribution in [3.8, 4) is 5.75 Å². The summed E-state index contributed by atoms with van der Waals surface area (Å²) in [5, 5.41) is 14.0. The quantitative estimate of drug-likeness (QED) is 0.891. The number of benzene rings is 1. The van der Waals surface area contributed by atoms with Gasteiger partial charge in [0.2, 0.25) is 0 Å². The van der Waals surface area contributed by atoms with Crippen LogP contribution in [0.5, 0.6) is 5.75 Å². The van der Waals surface area contributed by atoms with Gasteiger partial charge in [-0.1, -0.05) is 6.07 Å². The van der Waals surface area contributed by atoms with E-state index in [4.69, 9.17) is 9.15 Å². The lowest BCUT2D eigenvalue weighted by molar-refractivity contribution is 0.0311. The Morgan fingerprint density at radius 2 is 2.23 bits per heavy atom. The zero-order valence-electron chi connectivity index (χ0n) is 13.1. The summed E-state index contributed by atoms with van der Waals surface area (Å²) >= 11 is 0. The third-order valence-corrected chi connectivity index (χ3v) is 4.43. The molecule has 0 radical (unpaired) electrons. The van der Waals surface area contributed by atoms with Crippen molar-refractivity contribution in [1.29, 1.82) is 0 Å². The molecule has 1 aliphatic carbocycles. The number of aryl methyl sites for hydroxylation is 1. The highest BCUT2D eigenvalue weighted by Gasteiger charge is 2.28. The number of rotatable bonds is 5. The third-order valence-electron chi connectivity index (χ3n) is 4.43. The molecule has 0 saturated heterocycles. The van der Waals surface area contributed by atoms with E-state index in [1.54, 1.807) is 26.4 Å². The van der Waals surface area contributed by atoms with Crippen LogP contribution >= 0.6 is 0 Å². The number of nitrogens with one attached hydrogen (secondary N) is 1. The van der Waals surface area contributed by atoms with Crippen molar-refractivity contribution < 1.29 is 14.3 Å². The van der Waals surface area contributed by atoms with Crippen LogP contribution in [0.2, 0.25) is 0 Å². The lowest BCUT2D eigenvalue weighted by atomic mass is 9.87. The van der Waals surface area contributed by atoms with Crippen LogP contribution in [0.4, 0.5) is 0 Å². The molecule has 22 heavy (non-hydrogen) atoms. The Morgan fingerprint density at radius 3 is 2.95 bits per heavy atom. The zero-order chi connectivity index (χ0) is 15.6. The number of furan rings is 1. The first-order chi connectivity index (χ1) is 10.6. The number of hydrogen-bond acceptors (Lipinski definition) is 4. The van der Waals surface area contributed by atoms with Gasteiger partial charge in [-0.3, -0.25) is 0 Å². The van der Waals surface area contributed by atoms with Crippen LogP contribution in [-0.4, -0.2) is 24.8 Å². The summed E-state index contributed by atoms with van der Waals surface area (Å²) < 4.78 is 10.6. The second-order valence-electron chi connectivity index (χ2n) is 6.21. The van der Waals surface area contributed by atoms with Crippen LogP contribution < -0.4 is 10.1 Å². The Bertz CT molecular complexity index is 619. The van der Waals surface area contributed by atoms with E-state index in [-0.39, 0.29) is 0 Å². The summed E-state index contributed by atoms with van der Waals surface area (Å²) in [5.74, 6) is 1.50. The van der Waals surface area contributed by atoms with E-state index in [2.05, 4.69) is 17.4 Å². The molecule has 118 valence electrons. The SMILES string of the molecule is COc1ccc2c(c1)CC(NCC(C)(O)c1ccco1)CC2. The molecule has 0 fully saturated rings. The van der Waals surface area contributed by atoms with E-state index in [0.717, 1.165) is 25.0 Å². The summed E-state index contributed by atoms with van der Waals surface area (Å²) in [6.07, 6.45) is 4.68. The van der Waals surface area contributed by atoms with Crippen LogP contribution in [0, 0.1) is 0 Å². The Balaban J connectivity index is 1.63. The predicted molar refractivity (Wildman–Crippen MR) is 85.1 cm³/mol. The van der Waals surface area contributed by atoms with Crippen LogP contribution in [0.1, 0.15) is 30.2 Å². The first-order valence-corrected chi connectivity index (χ1v) is 7.74. The molecule has 0 saturated carbocycles. The van der Waals surface area contributed by atoms with Gasteiger partial charge in [-0.2, -0.15) is 0 Å². The Morgan fingerprint density at radius 1 is 1.36 bits per heavy atom. The van der Waals surface area contributed by atoms with Gasteiger partial charge >= 0.3 is 0 Å². The number of fused-ring (bicyclic) bond motifs is 1. The molecule has 0 amide bonds. The predicted octanol–water partition coefficient (Wildman–Crippen LogP) is 2.64. The average molecular weight is 301 g/mol. The minimum absolute atomic E-state index is 0.362. The Kier molecular flexibility index (Phi) is 4.23. The van der Waals surface area contributed by atoms with Gasteiger partial charge in [0.25, 0.3) is 0 Å². The summed E-state index contributed by atoms with van der Waals surface area (Å²) in [6.45, 7) is 2.25. The smallest absolute Gasteiger partial charge is 0.136 e. The van der Waals surface area contributed by atoms with Crippen molar-refractivity contribution in [3.63, 3.8) is 0 Å². The molecule has 0 bridgehead atoms. The number of ether oxygens (including phenoxy) is 1. The second-order valence-corrected chi connectivity index (χ2v) is 6.21. The molecule has 1 aromatic heterocycles. The average Bonchev–Trinajstić information content (AvgIpc) is 3.07. The van der Waals surface area contributed by atoms with Crippen LogP contribution in [0.3, 0.4) is 0 Å². The largest absolute Gasteiger partial charge is 0.497 e. The summed E-state index contributed by atoms with van der Waals surface area (Å²) in [5.41, 5.74) is 1.75. The minimum atomic E-state index is -0.988. The third kappa shape index (κ3) is 3.18. The monoisotopic (exact) mass is 301 g/mol. The van der Waals surface area contributed by atoms with Gasteiger partial charge in [0.15, 0.2) is 0 Å². The van der Waals surface area contributed by atoms with E-state index >= 15 is 0 Å². The lowest BCUT2D eigenvalue weighted by Gasteiger charge is -2.29. The Labute approximate surface area is 131 Å². The van der Waals surface area contributed by atoms with Crippen LogP contribution in [-0.2, 0) is 18.4 Å². The van der Waals surface area contributed by atoms with Crippen molar-refractivity contribution in [3.05, 3.63) is 53.5 Å². The number of methoxy groups -OCH3 is 1. The fourth-order valence-electron chi connectivity index (χ4n) is 3.05. The molecule has 4 nitrogen and oxygen atoms in total. The van der Waals surface area contributed by atoms with Gasteiger partial charge in [0, 0.05) is 12.6 Å². The molecule has 2 N–H and O–H groups in total. The van der Waals surface area contributed by atoms with E-state index in [1.807, 2.05) is 12.1 Å². The molecule has 2 atom stereocenters. The summed E-state index contributed by atoms with van der Waals surface area (Å²) in [7, 11) is 1.70. The maximum atomic E-state index is 10.5. The van der Waals surface area contributed by atoms with E-state index in [0.29, 0.717) is 18.3 Å². The molecular weight excluding hydrogens is 278 g/mol. The standard InChI is InChI=1S/C18H23NO3/c1-18(20,17-4-3-9-22-17)12-19-15-7-5-13-6-8-16(21-2)11-14(13)10-15/h3-4,6,8-9,11,15,19-20H,5,7,10,12H2,1-2H3. The maximum absolute atomic E-state index is 10.5. The molecule has 2 aromatic rings. The fourth-order valence-corrected chi connectivity index (χ4v) is 3.05. The normalized spacial score (nSPS) is 20.2. The van der Waals surface area contributed by atoms with Crippen molar-refractivity contribution in [2.24, 2.45) is 0 Å². The van der Waals surface area contributed by atoms with Crippen molar-refractivity contribution in [2.45, 2.75) is 37.8 Å². The van der Waals surface area contributed by atoms with Gasteiger partial charge in [-0.05, 0) is 61.6 Å². The van der Waals surface area contributed by atoms with Gasteiger partial charge in [0.1, 0.15) is 17.1 Å². The Hall–Kier alpha value is -1.78. The first kappa shape index (κ1) is 15.1. The van der Waals surface area contributed by atoms with Gasteiger partial charge in [-0.15, -0.1) is 0 Å². The number of aliphatic hydroxyl groups is 1. The molecule has 3 rings (SSSR count). The molecule has 0 aliphatic heterocycles. The molecule has 4 heteroatoms. The summed E-state index contributed by atoms with van der Waals surface area (Å²) in [6, 6.07) is 10.3. The lowest BCUT2D eigenvalue weighted by Crippen LogP contribution is -2.43. The maximum Gasteiger partial charge on any atom is 0.136 e. The molecule has 1 aliphatic rings. The highest BCUT2D eigenvalue weighted by molar-refractivity contribution is 5.37. The van der Waals surface area contributed by atoms with E-state index in [1.165, 1.54) is 11.1 Å². The molecule has 0 spiro atoms. The molecule has 1 heterocycles. The van der Waals surface area contributed by atoms with Crippen LogP contribution in [0.25, 0.3) is 0 Å². The fraction of sp³-hybridized carbons (Fsp3) is 0.444. The number of hydrogen-bond donors (Lipinski definition) is 2. The van der Waals surface area contributed by atoms with E-state index in [9.17, 15) is 5.11 Å². The van der Waals surface area contributed by atoms with Crippen LogP contribution in [0.15, 0.2) is 41.0 Å². The first-order valence-electron chi connectivity index (χ1n) is 7.74. The highest BCUT2D eigenvalue weighted by atomic mass is 16.5. The van der Waals surface area contributed by atoms with E-state index < -0.39 is 5.60 Å². The molecule has 1 aromatic carbocycles. The van der Waals surface area contributed by atoms with Gasteiger partial charge < -0.3 is 19.6 Å². The van der Waals surface area contributed by atoms with Gasteiger partial charge in [-0.25, -0.2) is 0 Å². The zero-order valence-corrected chi connectivity index (χ0v) is 13.1. The summed E-state index contributed by atoms with van der Waals surface area (Å²) in [4.78, 5) is 0. The minimum Gasteiger partial charge on any atom is -0.497 e. The van der Waals surface area contributed by atoms with Crippen molar-refractivity contribution >= 4 is 0 Å². The second kappa shape index (κ2) is 6.15. The highest BCUT2D eigenvalue weighted by Crippen LogP contribution is 2.26. The topological polar surface area (TPSA) is 54.6 Å². The van der Waals surface area contributed by atoms with Gasteiger partial charge in [0.05, 0.1) is 13.4 Å². The molecule has 2 unspecified atom stereocenters. The van der Waals surface area contributed by atoms with Crippen molar-refractivity contribution in [2.75, 3.05) is 13.7 Å². The molecular formula is C18H23NO3.